The normalized spacial score (nSPS) is 17.4. The van der Waals surface area contributed by atoms with Crippen LogP contribution in [0.5, 0.6) is 0 Å². The Balaban J connectivity index is 1.56. The summed E-state index contributed by atoms with van der Waals surface area (Å²) < 4.78 is 0. The maximum atomic E-state index is 12.8. The molecular weight excluding hydrogens is 344 g/mol. The Morgan fingerprint density at radius 3 is 2.33 bits per heavy atom. The predicted octanol–water partition coefficient (Wildman–Crippen LogP) is 2.08. The molecule has 1 N–H and O–H groups in total. The summed E-state index contributed by atoms with van der Waals surface area (Å²) >= 11 is 0. The minimum absolute atomic E-state index is 0.175. The summed E-state index contributed by atoms with van der Waals surface area (Å²) in [7, 11) is 0. The molecule has 3 amide bonds. The number of benzene rings is 2. The SMILES string of the molecule is O=C(c1ccc2c(c1)C(=O)N(Cc1ccccc1)C2=O)N1CCC(O)CC1. The number of likely N-dealkylation sites (tertiary alicyclic amines) is 1. The van der Waals surface area contributed by atoms with Gasteiger partial charge in [-0.1, -0.05) is 30.3 Å². The predicted molar refractivity (Wildman–Crippen MR) is 98.2 cm³/mol. The summed E-state index contributed by atoms with van der Waals surface area (Å²) in [6.07, 6.45) is 0.748. The molecular formula is C21H20N2O4. The smallest absolute Gasteiger partial charge is 0.261 e. The highest BCUT2D eigenvalue weighted by atomic mass is 16.3. The van der Waals surface area contributed by atoms with Crippen LogP contribution in [0.4, 0.5) is 0 Å². The van der Waals surface area contributed by atoms with Gasteiger partial charge in [0.1, 0.15) is 0 Å². The van der Waals surface area contributed by atoms with E-state index in [1.54, 1.807) is 17.0 Å². The maximum Gasteiger partial charge on any atom is 0.261 e. The molecule has 6 heteroatoms. The largest absolute Gasteiger partial charge is 0.393 e. The second-order valence-electron chi connectivity index (χ2n) is 6.97. The van der Waals surface area contributed by atoms with E-state index in [2.05, 4.69) is 0 Å². The summed E-state index contributed by atoms with van der Waals surface area (Å²) in [5.41, 5.74) is 1.88. The van der Waals surface area contributed by atoms with Gasteiger partial charge in [0.25, 0.3) is 17.7 Å². The number of carbonyl (C=O) groups excluding carboxylic acids is 3. The van der Waals surface area contributed by atoms with Gasteiger partial charge in [-0.2, -0.15) is 0 Å². The number of imide groups is 1. The van der Waals surface area contributed by atoms with Crippen LogP contribution < -0.4 is 0 Å². The number of hydrogen-bond donors (Lipinski definition) is 1. The van der Waals surface area contributed by atoms with E-state index in [0.717, 1.165) is 5.56 Å². The third-order valence-electron chi connectivity index (χ3n) is 5.15. The van der Waals surface area contributed by atoms with Gasteiger partial charge < -0.3 is 10.0 Å². The van der Waals surface area contributed by atoms with Crippen LogP contribution in [-0.2, 0) is 6.54 Å². The first-order chi connectivity index (χ1) is 13.0. The second-order valence-corrected chi connectivity index (χ2v) is 6.97. The van der Waals surface area contributed by atoms with Crippen molar-refractivity contribution in [2.45, 2.75) is 25.5 Å². The van der Waals surface area contributed by atoms with Crippen molar-refractivity contribution in [1.29, 1.82) is 0 Å². The van der Waals surface area contributed by atoms with E-state index in [-0.39, 0.29) is 35.9 Å². The topological polar surface area (TPSA) is 77.9 Å². The molecule has 0 bridgehead atoms. The molecule has 6 nitrogen and oxygen atoms in total. The lowest BCUT2D eigenvalue weighted by molar-refractivity contribution is 0.0545. The number of aliphatic hydroxyl groups is 1. The molecule has 27 heavy (non-hydrogen) atoms. The molecule has 2 aromatic carbocycles. The first-order valence-corrected chi connectivity index (χ1v) is 9.06. The van der Waals surface area contributed by atoms with Gasteiger partial charge in [-0.25, -0.2) is 0 Å². The van der Waals surface area contributed by atoms with Crippen molar-refractivity contribution in [3.8, 4) is 0 Å². The molecule has 0 saturated carbocycles. The van der Waals surface area contributed by atoms with Crippen molar-refractivity contribution < 1.29 is 19.5 Å². The van der Waals surface area contributed by atoms with Gasteiger partial charge in [0.15, 0.2) is 0 Å². The molecule has 0 atom stereocenters. The van der Waals surface area contributed by atoms with Gasteiger partial charge >= 0.3 is 0 Å². The van der Waals surface area contributed by atoms with E-state index in [0.29, 0.717) is 37.1 Å². The van der Waals surface area contributed by atoms with Crippen molar-refractivity contribution >= 4 is 17.7 Å². The van der Waals surface area contributed by atoms with Crippen LogP contribution in [0, 0.1) is 0 Å². The van der Waals surface area contributed by atoms with Gasteiger partial charge in [-0.3, -0.25) is 19.3 Å². The van der Waals surface area contributed by atoms with Crippen LogP contribution in [-0.4, -0.2) is 51.8 Å². The molecule has 0 aliphatic carbocycles. The number of aliphatic hydroxyl groups excluding tert-OH is 1. The van der Waals surface area contributed by atoms with Crippen molar-refractivity contribution in [1.82, 2.24) is 9.80 Å². The minimum atomic E-state index is -0.373. The lowest BCUT2D eigenvalue weighted by atomic mass is 10.0. The molecule has 2 aliphatic rings. The molecule has 0 radical (unpaired) electrons. The molecule has 138 valence electrons. The third-order valence-corrected chi connectivity index (χ3v) is 5.15. The average molecular weight is 364 g/mol. The van der Waals surface area contributed by atoms with E-state index >= 15 is 0 Å². The van der Waals surface area contributed by atoms with Crippen LogP contribution >= 0.6 is 0 Å². The van der Waals surface area contributed by atoms with Gasteiger partial charge in [0.2, 0.25) is 0 Å². The van der Waals surface area contributed by atoms with E-state index in [1.165, 1.54) is 11.0 Å². The van der Waals surface area contributed by atoms with Gasteiger partial charge in [0, 0.05) is 18.7 Å². The Morgan fingerprint density at radius 2 is 1.63 bits per heavy atom. The number of carbonyl (C=O) groups is 3. The monoisotopic (exact) mass is 364 g/mol. The summed E-state index contributed by atoms with van der Waals surface area (Å²) in [4.78, 5) is 41.0. The molecule has 2 heterocycles. The van der Waals surface area contributed by atoms with Gasteiger partial charge in [-0.05, 0) is 36.6 Å². The highest BCUT2D eigenvalue weighted by molar-refractivity contribution is 6.22. The fourth-order valence-electron chi connectivity index (χ4n) is 3.58. The van der Waals surface area contributed by atoms with E-state index in [4.69, 9.17) is 0 Å². The number of piperidine rings is 1. The molecule has 0 unspecified atom stereocenters. The Labute approximate surface area is 157 Å². The quantitative estimate of drug-likeness (QED) is 0.846. The van der Waals surface area contributed by atoms with E-state index < -0.39 is 0 Å². The molecule has 1 saturated heterocycles. The molecule has 1 fully saturated rings. The Hall–Kier alpha value is -2.99. The lowest BCUT2D eigenvalue weighted by Gasteiger charge is -2.29. The lowest BCUT2D eigenvalue weighted by Crippen LogP contribution is -2.40. The summed E-state index contributed by atoms with van der Waals surface area (Å²) in [6.45, 7) is 1.19. The highest BCUT2D eigenvalue weighted by Crippen LogP contribution is 2.26. The minimum Gasteiger partial charge on any atom is -0.393 e. The van der Waals surface area contributed by atoms with Crippen molar-refractivity contribution in [3.05, 3.63) is 70.8 Å². The standard InChI is InChI=1S/C21H20N2O4/c24-16-8-10-22(11-9-16)19(25)15-6-7-17-18(12-15)21(27)23(20(17)26)13-14-4-2-1-3-5-14/h1-7,12,16,24H,8-11,13H2. The third kappa shape index (κ3) is 3.24. The van der Waals surface area contributed by atoms with Crippen LogP contribution in [0.25, 0.3) is 0 Å². The van der Waals surface area contributed by atoms with Crippen LogP contribution in [0.3, 0.4) is 0 Å². The molecule has 0 spiro atoms. The first-order valence-electron chi connectivity index (χ1n) is 9.06. The summed E-state index contributed by atoms with van der Waals surface area (Å²) in [6, 6.07) is 14.0. The maximum absolute atomic E-state index is 12.8. The average Bonchev–Trinajstić information content (AvgIpc) is 2.93. The highest BCUT2D eigenvalue weighted by Gasteiger charge is 2.36. The Morgan fingerprint density at radius 1 is 0.963 bits per heavy atom. The summed E-state index contributed by atoms with van der Waals surface area (Å²) in [5.74, 6) is -0.882. The zero-order chi connectivity index (χ0) is 19.0. The van der Waals surface area contributed by atoms with E-state index in [9.17, 15) is 19.5 Å². The number of fused-ring (bicyclic) bond motifs is 1. The Kier molecular flexibility index (Phi) is 4.49. The van der Waals surface area contributed by atoms with E-state index in [1.807, 2.05) is 30.3 Å². The number of rotatable bonds is 3. The number of nitrogens with zero attached hydrogens (tertiary/aromatic N) is 2. The molecule has 2 aliphatic heterocycles. The van der Waals surface area contributed by atoms with Crippen LogP contribution in [0.15, 0.2) is 48.5 Å². The zero-order valence-electron chi connectivity index (χ0n) is 14.8. The first kappa shape index (κ1) is 17.4. The fraction of sp³-hybridized carbons (Fsp3) is 0.286. The van der Waals surface area contributed by atoms with Crippen LogP contribution in [0.1, 0.15) is 49.5 Å². The van der Waals surface area contributed by atoms with Gasteiger partial charge in [0.05, 0.1) is 23.8 Å². The fourth-order valence-corrected chi connectivity index (χ4v) is 3.58. The second kappa shape index (κ2) is 6.96. The van der Waals surface area contributed by atoms with Gasteiger partial charge in [-0.15, -0.1) is 0 Å². The van der Waals surface area contributed by atoms with Crippen molar-refractivity contribution in [2.24, 2.45) is 0 Å². The number of hydrogen-bond acceptors (Lipinski definition) is 4. The molecule has 2 aromatic rings. The van der Waals surface area contributed by atoms with Crippen LogP contribution in [0.2, 0.25) is 0 Å². The molecule has 4 rings (SSSR count). The number of amides is 3. The van der Waals surface area contributed by atoms with Crippen molar-refractivity contribution in [3.63, 3.8) is 0 Å². The Bertz CT molecular complexity index is 902. The zero-order valence-corrected chi connectivity index (χ0v) is 14.8. The van der Waals surface area contributed by atoms with Crippen molar-refractivity contribution in [2.75, 3.05) is 13.1 Å². The summed E-state index contributed by atoms with van der Waals surface area (Å²) in [5, 5.41) is 9.59. The molecule has 0 aromatic heterocycles.